The van der Waals surface area contributed by atoms with Crippen molar-refractivity contribution in [1.29, 1.82) is 0 Å². The van der Waals surface area contributed by atoms with Crippen molar-refractivity contribution in [3.05, 3.63) is 29.8 Å². The quantitative estimate of drug-likeness (QED) is 0.658. The van der Waals surface area contributed by atoms with Crippen molar-refractivity contribution in [2.24, 2.45) is 0 Å². The van der Waals surface area contributed by atoms with Gasteiger partial charge in [0.2, 0.25) is 0 Å². The predicted molar refractivity (Wildman–Crippen MR) is 85.2 cm³/mol. The molecule has 6 nitrogen and oxygen atoms in total. The normalized spacial score (nSPS) is 27.5. The molecular weight excluding hydrogens is 312 g/mol. The van der Waals surface area contributed by atoms with Gasteiger partial charge in [-0.1, -0.05) is 12.1 Å². The van der Waals surface area contributed by atoms with Gasteiger partial charge in [-0.3, -0.25) is 4.79 Å². The summed E-state index contributed by atoms with van der Waals surface area (Å²) in [5.41, 5.74) is 0.788. The fourth-order valence-electron chi connectivity index (χ4n) is 2.86. The van der Waals surface area contributed by atoms with E-state index in [4.69, 9.17) is 18.9 Å². The average Bonchev–Trinajstić information content (AvgIpc) is 2.58. The van der Waals surface area contributed by atoms with Crippen molar-refractivity contribution >= 4 is 5.97 Å². The smallest absolute Gasteiger partial charge is 0.326 e. The molecule has 24 heavy (non-hydrogen) atoms. The Morgan fingerprint density at radius 1 is 1.17 bits per heavy atom. The Balaban J connectivity index is 1.49. The van der Waals surface area contributed by atoms with Crippen LogP contribution in [-0.4, -0.2) is 36.6 Å². The lowest BCUT2D eigenvalue weighted by Crippen LogP contribution is -2.41. The average molecular weight is 336 g/mol. The maximum absolute atomic E-state index is 12.0. The number of hydrogen-bond donors (Lipinski definition) is 1. The molecule has 0 saturated carbocycles. The molecule has 0 bridgehead atoms. The van der Waals surface area contributed by atoms with Crippen LogP contribution in [0.3, 0.4) is 0 Å². The second-order valence-electron chi connectivity index (χ2n) is 6.23. The second kappa shape index (κ2) is 7.96. The number of carbonyl (C=O) groups is 1. The number of aliphatic hydroxyl groups is 1. The predicted octanol–water partition coefficient (Wildman–Crippen LogP) is 2.52. The number of rotatable bonds is 5. The highest BCUT2D eigenvalue weighted by molar-refractivity contribution is 5.72. The van der Waals surface area contributed by atoms with Gasteiger partial charge in [0.1, 0.15) is 5.75 Å². The van der Waals surface area contributed by atoms with E-state index in [-0.39, 0.29) is 12.7 Å². The number of benzene rings is 1. The van der Waals surface area contributed by atoms with E-state index < -0.39 is 11.9 Å². The van der Waals surface area contributed by atoms with Gasteiger partial charge in [0, 0.05) is 12.8 Å². The van der Waals surface area contributed by atoms with E-state index in [9.17, 15) is 9.90 Å². The zero-order valence-corrected chi connectivity index (χ0v) is 13.7. The van der Waals surface area contributed by atoms with Crippen LogP contribution >= 0.6 is 0 Å². The van der Waals surface area contributed by atoms with Crippen LogP contribution in [0.15, 0.2) is 24.3 Å². The molecule has 1 aromatic carbocycles. The van der Waals surface area contributed by atoms with Crippen molar-refractivity contribution in [2.45, 2.75) is 57.2 Å². The van der Waals surface area contributed by atoms with Gasteiger partial charge < -0.3 is 24.1 Å². The van der Waals surface area contributed by atoms with Gasteiger partial charge in [-0.05, 0) is 43.4 Å². The molecule has 0 aliphatic carbocycles. The van der Waals surface area contributed by atoms with Crippen molar-refractivity contribution < 1.29 is 28.8 Å². The molecule has 1 N–H and O–H groups in total. The maximum atomic E-state index is 12.0. The van der Waals surface area contributed by atoms with Gasteiger partial charge in [0.25, 0.3) is 0 Å². The first kappa shape index (κ1) is 17.2. The Labute approximate surface area is 141 Å². The number of esters is 1. The van der Waals surface area contributed by atoms with Gasteiger partial charge in [0.15, 0.2) is 6.29 Å². The number of hydrogen-bond acceptors (Lipinski definition) is 6. The first-order valence-corrected chi connectivity index (χ1v) is 8.58. The fraction of sp³-hybridized carbons (Fsp3) is 0.611. The summed E-state index contributed by atoms with van der Waals surface area (Å²) < 4.78 is 21.5. The van der Waals surface area contributed by atoms with Crippen LogP contribution in [0.4, 0.5) is 0 Å². The monoisotopic (exact) mass is 336 g/mol. The molecule has 0 radical (unpaired) electrons. The SMILES string of the molecule is O=C(Cc1ccc(OC2CCCCO2)cc1)OC1(O)CCCCO1. The van der Waals surface area contributed by atoms with Gasteiger partial charge in [-0.25, -0.2) is 0 Å². The lowest BCUT2D eigenvalue weighted by molar-refractivity contribution is -0.355. The van der Waals surface area contributed by atoms with E-state index in [0.29, 0.717) is 18.8 Å². The highest BCUT2D eigenvalue weighted by atomic mass is 16.8. The standard InChI is InChI=1S/C18H24O6/c19-16(24-18(20)10-2-4-12-22-18)13-14-6-8-15(9-7-14)23-17-5-1-3-11-21-17/h6-9,17,20H,1-5,10-13H2. The molecule has 2 unspecified atom stereocenters. The molecule has 1 aromatic rings. The first-order valence-electron chi connectivity index (χ1n) is 8.58. The number of carbonyl (C=O) groups excluding carboxylic acids is 1. The van der Waals surface area contributed by atoms with Crippen LogP contribution in [0.25, 0.3) is 0 Å². The van der Waals surface area contributed by atoms with E-state index in [0.717, 1.165) is 44.3 Å². The highest BCUT2D eigenvalue weighted by Gasteiger charge is 2.34. The van der Waals surface area contributed by atoms with Crippen LogP contribution in [0.1, 0.15) is 44.1 Å². The van der Waals surface area contributed by atoms with Crippen molar-refractivity contribution in [3.63, 3.8) is 0 Å². The minimum absolute atomic E-state index is 0.0753. The molecule has 2 fully saturated rings. The van der Waals surface area contributed by atoms with Gasteiger partial charge >= 0.3 is 11.9 Å². The molecule has 0 aromatic heterocycles. The fourth-order valence-corrected chi connectivity index (χ4v) is 2.86. The number of ether oxygens (including phenoxy) is 4. The summed E-state index contributed by atoms with van der Waals surface area (Å²) in [6.45, 7) is 1.14. The third-order valence-electron chi connectivity index (χ3n) is 4.17. The topological polar surface area (TPSA) is 74.2 Å². The lowest BCUT2D eigenvalue weighted by atomic mass is 10.1. The highest BCUT2D eigenvalue weighted by Crippen LogP contribution is 2.24. The molecule has 0 amide bonds. The second-order valence-corrected chi connectivity index (χ2v) is 6.23. The minimum Gasteiger partial charge on any atom is -0.465 e. The molecule has 2 atom stereocenters. The van der Waals surface area contributed by atoms with Gasteiger partial charge in [0.05, 0.1) is 19.6 Å². The Morgan fingerprint density at radius 2 is 1.96 bits per heavy atom. The van der Waals surface area contributed by atoms with Crippen LogP contribution < -0.4 is 4.74 Å². The van der Waals surface area contributed by atoms with Crippen LogP contribution in [0.2, 0.25) is 0 Å². The summed E-state index contributed by atoms with van der Waals surface area (Å²) in [5.74, 6) is -1.56. The Kier molecular flexibility index (Phi) is 5.71. The third kappa shape index (κ3) is 4.93. The van der Waals surface area contributed by atoms with E-state index >= 15 is 0 Å². The van der Waals surface area contributed by atoms with Crippen LogP contribution in [0.5, 0.6) is 5.75 Å². The van der Waals surface area contributed by atoms with E-state index in [1.165, 1.54) is 0 Å². The molecule has 6 heteroatoms. The molecule has 2 heterocycles. The Bertz CT molecular complexity index is 529. The summed E-state index contributed by atoms with van der Waals surface area (Å²) in [4.78, 5) is 12.0. The molecule has 3 rings (SSSR count). The summed E-state index contributed by atoms with van der Waals surface area (Å²) in [6.07, 6.45) is 4.93. The Hall–Kier alpha value is -1.63. The first-order chi connectivity index (χ1) is 11.6. The summed E-state index contributed by atoms with van der Waals surface area (Å²) >= 11 is 0. The molecule has 2 aliphatic rings. The summed E-state index contributed by atoms with van der Waals surface area (Å²) in [5, 5.41) is 10.0. The largest absolute Gasteiger partial charge is 0.465 e. The zero-order chi connectivity index (χ0) is 16.8. The summed E-state index contributed by atoms with van der Waals surface area (Å²) in [6, 6.07) is 7.25. The van der Waals surface area contributed by atoms with Crippen molar-refractivity contribution in [3.8, 4) is 5.75 Å². The van der Waals surface area contributed by atoms with Crippen LogP contribution in [-0.2, 0) is 25.4 Å². The lowest BCUT2D eigenvalue weighted by Gasteiger charge is -2.30. The molecule has 132 valence electrons. The van der Waals surface area contributed by atoms with Crippen molar-refractivity contribution in [2.75, 3.05) is 13.2 Å². The summed E-state index contributed by atoms with van der Waals surface area (Å²) in [7, 11) is 0. The Morgan fingerprint density at radius 3 is 2.62 bits per heavy atom. The van der Waals surface area contributed by atoms with E-state index in [2.05, 4.69) is 0 Å². The van der Waals surface area contributed by atoms with Gasteiger partial charge in [-0.15, -0.1) is 0 Å². The van der Waals surface area contributed by atoms with Gasteiger partial charge in [-0.2, -0.15) is 0 Å². The molecule has 2 aliphatic heterocycles. The third-order valence-corrected chi connectivity index (χ3v) is 4.17. The van der Waals surface area contributed by atoms with E-state index in [1.54, 1.807) is 0 Å². The molecule has 0 spiro atoms. The van der Waals surface area contributed by atoms with E-state index in [1.807, 2.05) is 24.3 Å². The van der Waals surface area contributed by atoms with Crippen LogP contribution in [0, 0.1) is 0 Å². The zero-order valence-electron chi connectivity index (χ0n) is 13.7. The van der Waals surface area contributed by atoms with Crippen molar-refractivity contribution in [1.82, 2.24) is 0 Å². The maximum Gasteiger partial charge on any atom is 0.326 e. The molecular formula is C18H24O6. The molecule has 2 saturated heterocycles. The minimum atomic E-state index is -1.77.